The third kappa shape index (κ3) is 2.87. The van der Waals surface area contributed by atoms with Crippen LogP contribution in [0.1, 0.15) is 35.9 Å². The van der Waals surface area contributed by atoms with Crippen molar-refractivity contribution >= 4 is 33.4 Å². The summed E-state index contributed by atoms with van der Waals surface area (Å²) in [5.41, 5.74) is 5.08. The highest BCUT2D eigenvalue weighted by molar-refractivity contribution is 6.10. The molecule has 29 heavy (non-hydrogen) atoms. The first-order chi connectivity index (χ1) is 14.1. The van der Waals surface area contributed by atoms with E-state index >= 15 is 0 Å². The van der Waals surface area contributed by atoms with Crippen molar-refractivity contribution in [2.45, 2.75) is 19.8 Å². The van der Waals surface area contributed by atoms with Gasteiger partial charge in [-0.1, -0.05) is 31.1 Å². The van der Waals surface area contributed by atoms with Crippen LogP contribution in [0.5, 0.6) is 0 Å². The lowest BCUT2D eigenvalue weighted by Gasteiger charge is -2.11. The van der Waals surface area contributed by atoms with Crippen molar-refractivity contribution in [3.63, 3.8) is 0 Å². The number of rotatable bonds is 4. The summed E-state index contributed by atoms with van der Waals surface area (Å²) in [6.07, 6.45) is 5.09. The van der Waals surface area contributed by atoms with Gasteiger partial charge in [-0.05, 0) is 35.4 Å². The van der Waals surface area contributed by atoms with Crippen LogP contribution in [0, 0.1) is 0 Å². The monoisotopic (exact) mass is 385 g/mol. The highest BCUT2D eigenvalue weighted by atomic mass is 16.5. The van der Waals surface area contributed by atoms with Crippen LogP contribution in [0.15, 0.2) is 59.5 Å². The van der Waals surface area contributed by atoms with E-state index in [1.807, 2.05) is 50.4 Å². The van der Waals surface area contributed by atoms with Crippen LogP contribution in [0.25, 0.3) is 32.9 Å². The van der Waals surface area contributed by atoms with Gasteiger partial charge in [0.25, 0.3) is 5.91 Å². The highest BCUT2D eigenvalue weighted by Gasteiger charge is 2.20. The van der Waals surface area contributed by atoms with E-state index < -0.39 is 0 Å². The number of carbonyl (C=O) groups is 1. The number of amides is 1. The number of aromatic amines is 2. The summed E-state index contributed by atoms with van der Waals surface area (Å²) in [4.78, 5) is 16.2. The molecule has 5 rings (SSSR count). The maximum Gasteiger partial charge on any atom is 0.260 e. The molecule has 0 atom stereocenters. The standard InChI is InChI=1S/C22H19N5O2/c1-12(2)21-17(11-25-29-21)22(28)26-19-8-13(9-20-16(19)10-24-27-20)14-4-3-5-18-15(14)6-7-23-18/h3-12,23H,1-2H3,(H,24,27)(H,26,28). The van der Waals surface area contributed by atoms with Gasteiger partial charge in [0.1, 0.15) is 5.56 Å². The number of anilines is 1. The summed E-state index contributed by atoms with van der Waals surface area (Å²) in [5.74, 6) is 0.373. The molecule has 0 unspecified atom stereocenters. The number of hydrogen-bond acceptors (Lipinski definition) is 4. The van der Waals surface area contributed by atoms with Crippen molar-refractivity contribution in [3.8, 4) is 11.1 Å². The lowest BCUT2D eigenvalue weighted by Crippen LogP contribution is -2.13. The largest absolute Gasteiger partial charge is 0.361 e. The Hall–Kier alpha value is -3.87. The molecule has 3 aromatic heterocycles. The number of aromatic nitrogens is 4. The number of benzene rings is 2. The average Bonchev–Trinajstić information content (AvgIpc) is 3.46. The molecule has 2 aromatic carbocycles. The van der Waals surface area contributed by atoms with Crippen LogP contribution in [-0.2, 0) is 0 Å². The van der Waals surface area contributed by atoms with Crippen LogP contribution >= 0.6 is 0 Å². The molecular weight excluding hydrogens is 366 g/mol. The SMILES string of the molecule is CC(C)c1oncc1C(=O)Nc1cc(-c2cccc3[nH]ccc23)cc2[nH]ncc12. The van der Waals surface area contributed by atoms with Crippen molar-refractivity contribution in [1.82, 2.24) is 20.3 Å². The summed E-state index contributed by atoms with van der Waals surface area (Å²) < 4.78 is 5.26. The van der Waals surface area contributed by atoms with Gasteiger partial charge in [-0.2, -0.15) is 5.10 Å². The third-order valence-electron chi connectivity index (χ3n) is 5.08. The van der Waals surface area contributed by atoms with E-state index in [9.17, 15) is 4.79 Å². The maximum atomic E-state index is 12.9. The van der Waals surface area contributed by atoms with E-state index in [2.05, 4.69) is 31.7 Å². The summed E-state index contributed by atoms with van der Waals surface area (Å²) in [5, 5.41) is 15.9. The molecule has 0 bridgehead atoms. The quantitative estimate of drug-likeness (QED) is 0.402. The van der Waals surface area contributed by atoms with Gasteiger partial charge < -0.3 is 14.8 Å². The van der Waals surface area contributed by atoms with Gasteiger partial charge in [-0.15, -0.1) is 0 Å². The van der Waals surface area contributed by atoms with Gasteiger partial charge in [0.05, 0.1) is 23.6 Å². The van der Waals surface area contributed by atoms with Gasteiger partial charge in [0.2, 0.25) is 0 Å². The Bertz CT molecular complexity index is 1340. The third-order valence-corrected chi connectivity index (χ3v) is 5.08. The van der Waals surface area contributed by atoms with E-state index in [-0.39, 0.29) is 11.8 Å². The molecule has 3 N–H and O–H groups in total. The normalized spacial score (nSPS) is 11.6. The van der Waals surface area contributed by atoms with E-state index in [0.29, 0.717) is 17.0 Å². The molecule has 3 heterocycles. The second-order valence-corrected chi connectivity index (χ2v) is 7.31. The van der Waals surface area contributed by atoms with Gasteiger partial charge in [0.15, 0.2) is 5.76 Å². The Balaban J connectivity index is 1.61. The zero-order valence-corrected chi connectivity index (χ0v) is 16.0. The molecule has 7 heteroatoms. The molecule has 0 radical (unpaired) electrons. The molecule has 0 saturated carbocycles. The molecule has 1 amide bonds. The van der Waals surface area contributed by atoms with Crippen molar-refractivity contribution in [2.24, 2.45) is 0 Å². The number of nitrogens with one attached hydrogen (secondary N) is 3. The van der Waals surface area contributed by atoms with Crippen molar-refractivity contribution in [2.75, 3.05) is 5.32 Å². The molecule has 0 saturated heterocycles. The summed E-state index contributed by atoms with van der Waals surface area (Å²) in [6.45, 7) is 3.92. The molecule has 0 aliphatic carbocycles. The first kappa shape index (κ1) is 17.2. The molecular formula is C22H19N5O2. The predicted octanol–water partition coefficient (Wildman–Crippen LogP) is 5.07. The molecule has 7 nitrogen and oxygen atoms in total. The van der Waals surface area contributed by atoms with E-state index in [0.717, 1.165) is 32.9 Å². The summed E-state index contributed by atoms with van der Waals surface area (Å²) in [7, 11) is 0. The zero-order valence-electron chi connectivity index (χ0n) is 16.0. The number of fused-ring (bicyclic) bond motifs is 2. The van der Waals surface area contributed by atoms with Gasteiger partial charge in [0, 0.05) is 28.4 Å². The fraction of sp³-hybridized carbons (Fsp3) is 0.136. The first-order valence-corrected chi connectivity index (χ1v) is 9.41. The minimum atomic E-state index is -0.255. The molecule has 144 valence electrons. The second kappa shape index (κ2) is 6.63. The summed E-state index contributed by atoms with van der Waals surface area (Å²) in [6, 6.07) is 12.2. The van der Waals surface area contributed by atoms with Crippen LogP contribution in [0.3, 0.4) is 0 Å². The smallest absolute Gasteiger partial charge is 0.260 e. The number of H-pyrrole nitrogens is 2. The van der Waals surface area contributed by atoms with Crippen LogP contribution in [-0.4, -0.2) is 26.2 Å². The van der Waals surface area contributed by atoms with Crippen LogP contribution in [0.4, 0.5) is 5.69 Å². The Kier molecular flexibility index (Phi) is 3.94. The molecule has 0 spiro atoms. The molecule has 5 aromatic rings. The lowest BCUT2D eigenvalue weighted by molar-refractivity contribution is 0.102. The van der Waals surface area contributed by atoms with E-state index in [1.54, 1.807) is 6.20 Å². The van der Waals surface area contributed by atoms with E-state index in [4.69, 9.17) is 4.52 Å². The van der Waals surface area contributed by atoms with Gasteiger partial charge in [-0.3, -0.25) is 9.89 Å². The Morgan fingerprint density at radius 1 is 1.10 bits per heavy atom. The van der Waals surface area contributed by atoms with Gasteiger partial charge >= 0.3 is 0 Å². The summed E-state index contributed by atoms with van der Waals surface area (Å²) >= 11 is 0. The Labute approximate surface area is 166 Å². The van der Waals surface area contributed by atoms with Crippen molar-refractivity contribution in [3.05, 3.63) is 66.3 Å². The second-order valence-electron chi connectivity index (χ2n) is 7.31. The minimum absolute atomic E-state index is 0.0599. The topological polar surface area (TPSA) is 99.6 Å². The fourth-order valence-corrected chi connectivity index (χ4v) is 3.67. The van der Waals surface area contributed by atoms with Crippen LogP contribution < -0.4 is 5.32 Å². The Morgan fingerprint density at radius 3 is 2.86 bits per heavy atom. The maximum absolute atomic E-state index is 12.9. The van der Waals surface area contributed by atoms with Crippen LogP contribution in [0.2, 0.25) is 0 Å². The number of carbonyl (C=O) groups excluding carboxylic acids is 1. The zero-order chi connectivity index (χ0) is 20.0. The highest BCUT2D eigenvalue weighted by Crippen LogP contribution is 2.34. The Morgan fingerprint density at radius 2 is 2.00 bits per heavy atom. The molecule has 0 fully saturated rings. The van der Waals surface area contributed by atoms with Crippen molar-refractivity contribution in [1.29, 1.82) is 0 Å². The fourth-order valence-electron chi connectivity index (χ4n) is 3.67. The van der Waals surface area contributed by atoms with Gasteiger partial charge in [-0.25, -0.2) is 0 Å². The number of hydrogen-bond donors (Lipinski definition) is 3. The lowest BCUT2D eigenvalue weighted by atomic mass is 9.99. The first-order valence-electron chi connectivity index (χ1n) is 9.41. The van der Waals surface area contributed by atoms with Crippen molar-refractivity contribution < 1.29 is 9.32 Å². The predicted molar refractivity (Wildman–Crippen MR) is 112 cm³/mol. The molecule has 0 aliphatic rings. The van der Waals surface area contributed by atoms with E-state index in [1.165, 1.54) is 6.20 Å². The minimum Gasteiger partial charge on any atom is -0.361 e. The molecule has 0 aliphatic heterocycles. The number of nitrogens with zero attached hydrogens (tertiary/aromatic N) is 2. The average molecular weight is 385 g/mol.